The number of carbonyl (C=O) groups is 3. The van der Waals surface area contributed by atoms with E-state index in [0.29, 0.717) is 0 Å². The molecule has 0 heterocycles. The minimum absolute atomic E-state index is 0.0782. The zero-order chi connectivity index (χ0) is 13.6. The van der Waals surface area contributed by atoms with Crippen molar-refractivity contribution >= 4 is 17.8 Å². The van der Waals surface area contributed by atoms with E-state index in [9.17, 15) is 14.4 Å². The summed E-state index contributed by atoms with van der Waals surface area (Å²) < 4.78 is 9.24. The van der Waals surface area contributed by atoms with Gasteiger partial charge in [0.15, 0.2) is 0 Å². The Labute approximate surface area is 98.4 Å². The Kier molecular flexibility index (Phi) is 5.39. The molecule has 6 nitrogen and oxygen atoms in total. The zero-order valence-electron chi connectivity index (χ0n) is 9.61. The van der Waals surface area contributed by atoms with Crippen LogP contribution in [0.3, 0.4) is 0 Å². The van der Waals surface area contributed by atoms with Gasteiger partial charge in [-0.1, -0.05) is 13.2 Å². The predicted molar refractivity (Wildman–Crippen MR) is 59.1 cm³/mol. The molecule has 0 aromatic carbocycles. The van der Waals surface area contributed by atoms with Crippen LogP contribution in [0.4, 0.5) is 0 Å². The van der Waals surface area contributed by atoms with E-state index in [1.165, 1.54) is 13.8 Å². The summed E-state index contributed by atoms with van der Waals surface area (Å²) in [7, 11) is 0. The lowest BCUT2D eigenvalue weighted by Crippen LogP contribution is -2.19. The lowest BCUT2D eigenvalue weighted by Gasteiger charge is -2.09. The Morgan fingerprint density at radius 3 is 2.06 bits per heavy atom. The van der Waals surface area contributed by atoms with Gasteiger partial charge in [-0.05, 0) is 13.8 Å². The average molecular weight is 239 g/mol. The van der Waals surface area contributed by atoms with Gasteiger partial charge in [0.2, 0.25) is 0 Å². The first-order chi connectivity index (χ1) is 7.79. The highest BCUT2D eigenvalue weighted by molar-refractivity contribution is 5.94. The van der Waals surface area contributed by atoms with Crippen molar-refractivity contribution in [3.8, 4) is 0 Å². The van der Waals surface area contributed by atoms with Crippen molar-refractivity contribution in [2.24, 2.45) is 5.73 Å². The molecule has 0 aromatic rings. The van der Waals surface area contributed by atoms with Crippen molar-refractivity contribution in [1.29, 1.82) is 0 Å². The Morgan fingerprint density at radius 1 is 1.18 bits per heavy atom. The SMILES string of the molecule is C=CC(=O)OC(OC(=O)C(=C)C)=C(C)C(N)=O. The highest BCUT2D eigenvalue weighted by Crippen LogP contribution is 2.10. The van der Waals surface area contributed by atoms with Gasteiger partial charge in [-0.15, -0.1) is 0 Å². The molecule has 0 atom stereocenters. The molecule has 0 radical (unpaired) electrons. The van der Waals surface area contributed by atoms with Crippen LogP contribution in [0.2, 0.25) is 0 Å². The number of esters is 2. The number of hydrogen-bond acceptors (Lipinski definition) is 5. The molecule has 0 aromatic heterocycles. The molecule has 0 rings (SSSR count). The van der Waals surface area contributed by atoms with Crippen molar-refractivity contribution in [3.05, 3.63) is 36.3 Å². The molecule has 0 bridgehead atoms. The van der Waals surface area contributed by atoms with Crippen molar-refractivity contribution in [2.75, 3.05) is 0 Å². The third-order valence-electron chi connectivity index (χ3n) is 1.57. The van der Waals surface area contributed by atoms with Crippen LogP contribution in [0.5, 0.6) is 0 Å². The topological polar surface area (TPSA) is 95.7 Å². The van der Waals surface area contributed by atoms with Crippen LogP contribution in [-0.4, -0.2) is 17.8 Å². The smallest absolute Gasteiger partial charge is 0.340 e. The number of carbonyl (C=O) groups excluding carboxylic acids is 3. The third kappa shape index (κ3) is 4.78. The van der Waals surface area contributed by atoms with Crippen molar-refractivity contribution < 1.29 is 23.9 Å². The summed E-state index contributed by atoms with van der Waals surface area (Å²) in [6.07, 6.45) is 0.850. The lowest BCUT2D eigenvalue weighted by atomic mass is 10.3. The van der Waals surface area contributed by atoms with Crippen molar-refractivity contribution in [2.45, 2.75) is 13.8 Å². The van der Waals surface area contributed by atoms with Gasteiger partial charge in [0.05, 0.1) is 5.57 Å². The van der Waals surface area contributed by atoms with Crippen LogP contribution in [-0.2, 0) is 23.9 Å². The highest BCUT2D eigenvalue weighted by Gasteiger charge is 2.18. The van der Waals surface area contributed by atoms with E-state index in [0.717, 1.165) is 6.08 Å². The van der Waals surface area contributed by atoms with Gasteiger partial charge >= 0.3 is 17.9 Å². The standard InChI is InChI=1S/C11H13NO5/c1-5-8(13)16-11(7(4)9(12)14)17-10(15)6(2)3/h5H,1-2H2,3-4H3,(H2,12,14). The summed E-state index contributed by atoms with van der Waals surface area (Å²) in [6, 6.07) is 0. The van der Waals surface area contributed by atoms with Gasteiger partial charge in [-0.3, -0.25) is 4.79 Å². The van der Waals surface area contributed by atoms with Crippen LogP contribution in [0.15, 0.2) is 36.3 Å². The molecule has 0 aliphatic heterocycles. The summed E-state index contributed by atoms with van der Waals surface area (Å²) in [5.41, 5.74) is 4.86. The van der Waals surface area contributed by atoms with Crippen LogP contribution in [0, 0.1) is 0 Å². The zero-order valence-corrected chi connectivity index (χ0v) is 9.61. The van der Waals surface area contributed by atoms with E-state index in [1.54, 1.807) is 0 Å². The number of rotatable bonds is 5. The van der Waals surface area contributed by atoms with Crippen molar-refractivity contribution in [3.63, 3.8) is 0 Å². The number of amides is 1. The molecule has 0 saturated carbocycles. The van der Waals surface area contributed by atoms with Crippen LogP contribution >= 0.6 is 0 Å². The van der Waals surface area contributed by atoms with E-state index >= 15 is 0 Å². The summed E-state index contributed by atoms with van der Waals surface area (Å²) in [4.78, 5) is 33.1. The van der Waals surface area contributed by atoms with E-state index in [4.69, 9.17) is 5.73 Å². The van der Waals surface area contributed by atoms with Gasteiger partial charge in [-0.2, -0.15) is 0 Å². The fraction of sp³-hybridized carbons (Fsp3) is 0.182. The van der Waals surface area contributed by atoms with Gasteiger partial charge in [0, 0.05) is 11.6 Å². The molecule has 92 valence electrons. The second kappa shape index (κ2) is 6.26. The normalized spacial score (nSPS) is 10.9. The Bertz CT molecular complexity index is 420. The summed E-state index contributed by atoms with van der Waals surface area (Å²) >= 11 is 0. The molecule has 0 unspecified atom stereocenters. The monoisotopic (exact) mass is 239 g/mol. The molecular weight excluding hydrogens is 226 g/mol. The first kappa shape index (κ1) is 14.6. The summed E-state index contributed by atoms with van der Waals surface area (Å²) in [5, 5.41) is 0. The molecule has 0 aliphatic carbocycles. The highest BCUT2D eigenvalue weighted by atomic mass is 16.7. The van der Waals surface area contributed by atoms with Crippen molar-refractivity contribution in [1.82, 2.24) is 0 Å². The van der Waals surface area contributed by atoms with E-state index in [1.807, 2.05) is 0 Å². The minimum Gasteiger partial charge on any atom is -0.389 e. The van der Waals surface area contributed by atoms with Gasteiger partial charge in [0.25, 0.3) is 5.91 Å². The molecule has 17 heavy (non-hydrogen) atoms. The van der Waals surface area contributed by atoms with Gasteiger partial charge in [0.1, 0.15) is 0 Å². The Balaban J connectivity index is 5.13. The molecule has 0 aliphatic rings. The predicted octanol–water partition coefficient (Wildman–Crippen LogP) is 0.552. The number of ether oxygens (including phenoxy) is 2. The largest absolute Gasteiger partial charge is 0.389 e. The number of nitrogens with two attached hydrogens (primary N) is 1. The maximum Gasteiger partial charge on any atom is 0.340 e. The molecular formula is C11H13NO5. The lowest BCUT2D eigenvalue weighted by molar-refractivity contribution is -0.148. The molecule has 2 N–H and O–H groups in total. The minimum atomic E-state index is -0.883. The molecule has 6 heteroatoms. The number of hydrogen-bond donors (Lipinski definition) is 1. The third-order valence-corrected chi connectivity index (χ3v) is 1.57. The number of primary amides is 1. The molecule has 0 spiro atoms. The second-order valence-electron chi connectivity index (χ2n) is 3.07. The van der Waals surface area contributed by atoms with E-state index in [2.05, 4.69) is 22.6 Å². The molecule has 0 saturated heterocycles. The van der Waals surface area contributed by atoms with Crippen LogP contribution < -0.4 is 5.73 Å². The quantitative estimate of drug-likeness (QED) is 0.429. The fourth-order valence-corrected chi connectivity index (χ4v) is 0.579. The van der Waals surface area contributed by atoms with Crippen LogP contribution in [0.1, 0.15) is 13.8 Å². The second-order valence-corrected chi connectivity index (χ2v) is 3.07. The fourth-order valence-electron chi connectivity index (χ4n) is 0.579. The van der Waals surface area contributed by atoms with Gasteiger partial charge in [-0.25, -0.2) is 9.59 Å². The molecule has 1 amide bonds. The first-order valence-corrected chi connectivity index (χ1v) is 4.52. The van der Waals surface area contributed by atoms with E-state index < -0.39 is 23.8 Å². The molecule has 0 fully saturated rings. The maximum absolute atomic E-state index is 11.2. The van der Waals surface area contributed by atoms with Gasteiger partial charge < -0.3 is 15.2 Å². The average Bonchev–Trinajstić information content (AvgIpc) is 2.26. The van der Waals surface area contributed by atoms with E-state index in [-0.39, 0.29) is 11.1 Å². The Morgan fingerprint density at radius 2 is 1.71 bits per heavy atom. The van der Waals surface area contributed by atoms with Crippen LogP contribution in [0.25, 0.3) is 0 Å². The first-order valence-electron chi connectivity index (χ1n) is 4.52. The maximum atomic E-state index is 11.2. The Hall–Kier alpha value is -2.37. The summed E-state index contributed by atoms with van der Waals surface area (Å²) in [5.74, 6) is -3.17. The summed E-state index contributed by atoms with van der Waals surface area (Å²) in [6.45, 7) is 9.15.